The van der Waals surface area contributed by atoms with E-state index in [4.69, 9.17) is 0 Å². The summed E-state index contributed by atoms with van der Waals surface area (Å²) in [7, 11) is 0. The van der Waals surface area contributed by atoms with E-state index in [2.05, 4.69) is 5.10 Å². The summed E-state index contributed by atoms with van der Waals surface area (Å²) >= 11 is 0. The Morgan fingerprint density at radius 3 is 2.62 bits per heavy atom. The summed E-state index contributed by atoms with van der Waals surface area (Å²) < 4.78 is 1.80. The second-order valence-electron chi connectivity index (χ2n) is 4.69. The third-order valence-electron chi connectivity index (χ3n) is 2.42. The maximum Gasteiger partial charge on any atom is 0.280 e. The number of hydrogen-bond donors (Lipinski definition) is 0. The summed E-state index contributed by atoms with van der Waals surface area (Å²) in [5.41, 5.74) is 0.714. The van der Waals surface area contributed by atoms with Gasteiger partial charge in [-0.05, 0) is 26.8 Å². The lowest BCUT2D eigenvalue weighted by molar-refractivity contribution is -0.383. The van der Waals surface area contributed by atoms with Crippen LogP contribution >= 0.6 is 0 Å². The fraction of sp³-hybridized carbons (Fsp3) is 0.364. The van der Waals surface area contributed by atoms with E-state index < -0.39 is 0 Å². The largest absolute Gasteiger partial charge is 0.280 e. The SMILES string of the molecule is CC(C)(C)n1ncc2c([N+](=O)[O-])cccc21. The van der Waals surface area contributed by atoms with Crippen molar-refractivity contribution < 1.29 is 4.92 Å². The zero-order valence-electron chi connectivity index (χ0n) is 9.47. The predicted molar refractivity (Wildman–Crippen MR) is 61.4 cm³/mol. The van der Waals surface area contributed by atoms with Crippen LogP contribution in [-0.4, -0.2) is 14.7 Å². The Balaban J connectivity index is 2.76. The Morgan fingerprint density at radius 1 is 1.38 bits per heavy atom. The average Bonchev–Trinajstić information content (AvgIpc) is 2.59. The van der Waals surface area contributed by atoms with Crippen LogP contribution in [0.4, 0.5) is 5.69 Å². The van der Waals surface area contributed by atoms with Crippen LogP contribution in [0.25, 0.3) is 10.9 Å². The lowest BCUT2D eigenvalue weighted by Gasteiger charge is -2.20. The molecule has 0 radical (unpaired) electrons. The molecule has 5 nitrogen and oxygen atoms in total. The van der Waals surface area contributed by atoms with E-state index in [0.29, 0.717) is 5.39 Å². The maximum atomic E-state index is 10.8. The Morgan fingerprint density at radius 2 is 2.06 bits per heavy atom. The average molecular weight is 219 g/mol. The first kappa shape index (κ1) is 10.6. The van der Waals surface area contributed by atoms with E-state index in [9.17, 15) is 10.1 Å². The second-order valence-corrected chi connectivity index (χ2v) is 4.69. The summed E-state index contributed by atoms with van der Waals surface area (Å²) in [5.74, 6) is 0. The highest BCUT2D eigenvalue weighted by molar-refractivity contribution is 5.88. The monoisotopic (exact) mass is 219 g/mol. The van der Waals surface area contributed by atoms with Gasteiger partial charge in [-0.25, -0.2) is 0 Å². The number of non-ortho nitro benzene ring substituents is 1. The molecule has 0 aliphatic heterocycles. The van der Waals surface area contributed by atoms with E-state index in [1.165, 1.54) is 6.07 Å². The predicted octanol–water partition coefficient (Wildman–Crippen LogP) is 2.70. The van der Waals surface area contributed by atoms with Crippen molar-refractivity contribution in [3.8, 4) is 0 Å². The van der Waals surface area contributed by atoms with Crippen LogP contribution in [0.2, 0.25) is 0 Å². The quantitative estimate of drug-likeness (QED) is 0.547. The first-order chi connectivity index (χ1) is 7.41. The van der Waals surface area contributed by atoms with E-state index >= 15 is 0 Å². The smallest absolute Gasteiger partial charge is 0.259 e. The van der Waals surface area contributed by atoms with Gasteiger partial charge in [-0.3, -0.25) is 14.8 Å². The normalized spacial score (nSPS) is 11.9. The van der Waals surface area contributed by atoms with Crippen molar-refractivity contribution in [1.29, 1.82) is 0 Å². The lowest BCUT2D eigenvalue weighted by Crippen LogP contribution is -2.22. The molecule has 0 atom stereocenters. The van der Waals surface area contributed by atoms with Crippen LogP contribution in [0.5, 0.6) is 0 Å². The zero-order valence-corrected chi connectivity index (χ0v) is 9.47. The molecule has 0 aliphatic carbocycles. The van der Waals surface area contributed by atoms with E-state index in [-0.39, 0.29) is 16.1 Å². The van der Waals surface area contributed by atoms with Crippen molar-refractivity contribution in [3.63, 3.8) is 0 Å². The van der Waals surface area contributed by atoms with Crippen LogP contribution in [0.15, 0.2) is 24.4 Å². The van der Waals surface area contributed by atoms with Gasteiger partial charge in [0.25, 0.3) is 5.69 Å². The molecule has 1 aromatic heterocycles. The molecule has 2 aromatic rings. The van der Waals surface area contributed by atoms with Gasteiger partial charge in [0.15, 0.2) is 0 Å². The van der Waals surface area contributed by atoms with Gasteiger partial charge in [0.05, 0.1) is 27.6 Å². The minimum absolute atomic E-state index is 0.105. The Hall–Kier alpha value is -1.91. The number of nitrogens with zero attached hydrogens (tertiary/aromatic N) is 3. The Kier molecular flexibility index (Phi) is 2.18. The number of aromatic nitrogens is 2. The molecular weight excluding hydrogens is 206 g/mol. The van der Waals surface area contributed by atoms with Crippen molar-refractivity contribution in [2.45, 2.75) is 26.3 Å². The third-order valence-corrected chi connectivity index (χ3v) is 2.42. The zero-order chi connectivity index (χ0) is 11.9. The molecule has 1 aromatic carbocycles. The van der Waals surface area contributed by atoms with Crippen LogP contribution in [0, 0.1) is 10.1 Å². The third kappa shape index (κ3) is 1.54. The fourth-order valence-electron chi connectivity index (χ4n) is 1.73. The molecule has 1 heterocycles. The van der Waals surface area contributed by atoms with Crippen LogP contribution in [0.1, 0.15) is 20.8 Å². The summed E-state index contributed by atoms with van der Waals surface area (Å²) in [6.07, 6.45) is 1.55. The van der Waals surface area contributed by atoms with Gasteiger partial charge in [0, 0.05) is 6.07 Å². The van der Waals surface area contributed by atoms with E-state index in [1.807, 2.05) is 26.8 Å². The summed E-state index contributed by atoms with van der Waals surface area (Å²) in [6, 6.07) is 5.03. The molecule has 16 heavy (non-hydrogen) atoms. The highest BCUT2D eigenvalue weighted by Crippen LogP contribution is 2.28. The van der Waals surface area contributed by atoms with E-state index in [1.54, 1.807) is 16.9 Å². The number of hydrogen-bond acceptors (Lipinski definition) is 3. The van der Waals surface area contributed by atoms with Crippen LogP contribution < -0.4 is 0 Å². The Bertz CT molecular complexity index is 552. The lowest BCUT2D eigenvalue weighted by atomic mass is 10.1. The van der Waals surface area contributed by atoms with Crippen molar-refractivity contribution in [2.24, 2.45) is 0 Å². The number of rotatable bonds is 1. The molecule has 5 heteroatoms. The highest BCUT2D eigenvalue weighted by atomic mass is 16.6. The summed E-state index contributed by atoms with van der Waals surface area (Å²) in [5, 5.41) is 15.6. The van der Waals surface area contributed by atoms with Gasteiger partial charge in [0.1, 0.15) is 0 Å². The fourth-order valence-corrected chi connectivity index (χ4v) is 1.73. The molecule has 84 valence electrons. The van der Waals surface area contributed by atoms with Crippen molar-refractivity contribution in [2.75, 3.05) is 0 Å². The van der Waals surface area contributed by atoms with E-state index in [0.717, 1.165) is 5.52 Å². The molecule has 0 fully saturated rings. The number of nitro benzene ring substituents is 1. The first-order valence-electron chi connectivity index (χ1n) is 5.03. The molecule has 0 unspecified atom stereocenters. The van der Waals surface area contributed by atoms with Gasteiger partial charge < -0.3 is 0 Å². The maximum absolute atomic E-state index is 10.8. The molecule has 0 aliphatic rings. The van der Waals surface area contributed by atoms with Crippen LogP contribution in [-0.2, 0) is 5.54 Å². The number of nitro groups is 1. The minimum atomic E-state index is -0.378. The molecule has 2 rings (SSSR count). The van der Waals surface area contributed by atoms with Crippen molar-refractivity contribution >= 4 is 16.6 Å². The minimum Gasteiger partial charge on any atom is -0.259 e. The van der Waals surface area contributed by atoms with Gasteiger partial charge in [-0.2, -0.15) is 5.10 Å². The molecule has 0 bridgehead atoms. The molecule has 0 saturated heterocycles. The van der Waals surface area contributed by atoms with Gasteiger partial charge >= 0.3 is 0 Å². The summed E-state index contributed by atoms with van der Waals surface area (Å²) in [4.78, 5) is 10.5. The topological polar surface area (TPSA) is 61.0 Å². The van der Waals surface area contributed by atoms with Gasteiger partial charge in [0.2, 0.25) is 0 Å². The summed E-state index contributed by atoms with van der Waals surface area (Å²) in [6.45, 7) is 6.04. The molecular formula is C11H13N3O2. The standard InChI is InChI=1S/C11H13N3O2/c1-11(2,3)13-9-5-4-6-10(14(15)16)8(9)7-12-13/h4-7H,1-3H3. The van der Waals surface area contributed by atoms with Gasteiger partial charge in [-0.1, -0.05) is 6.07 Å². The molecule has 0 N–H and O–H groups in total. The van der Waals surface area contributed by atoms with Crippen molar-refractivity contribution in [1.82, 2.24) is 9.78 Å². The molecule has 0 amide bonds. The molecule has 0 saturated carbocycles. The molecule has 0 spiro atoms. The first-order valence-corrected chi connectivity index (χ1v) is 5.03. The Labute approximate surface area is 92.8 Å². The van der Waals surface area contributed by atoms with Gasteiger partial charge in [-0.15, -0.1) is 0 Å². The number of fused-ring (bicyclic) bond motifs is 1. The highest BCUT2D eigenvalue weighted by Gasteiger charge is 2.20. The van der Waals surface area contributed by atoms with Crippen molar-refractivity contribution in [3.05, 3.63) is 34.5 Å². The number of benzene rings is 1. The van der Waals surface area contributed by atoms with Crippen LogP contribution in [0.3, 0.4) is 0 Å². The second kappa shape index (κ2) is 3.30.